The molecule has 0 radical (unpaired) electrons. The van der Waals surface area contributed by atoms with Gasteiger partial charge in [-0.25, -0.2) is 22.0 Å². The van der Waals surface area contributed by atoms with E-state index in [0.29, 0.717) is 12.0 Å². The highest BCUT2D eigenvalue weighted by Crippen LogP contribution is 2.26. The van der Waals surface area contributed by atoms with E-state index in [1.54, 1.807) is 12.1 Å². The maximum atomic E-state index is 13.7. The zero-order valence-corrected chi connectivity index (χ0v) is 11.9. The molecule has 2 aromatic carbocycles. The molecule has 1 unspecified atom stereocenters. The number of rotatable bonds is 5. The molecule has 2 rings (SSSR count). The molecule has 1 atom stereocenters. The fourth-order valence-corrected chi connectivity index (χ4v) is 2.24. The smallest absolute Gasteiger partial charge is 0.238 e. The van der Waals surface area contributed by atoms with Crippen LogP contribution in [0.1, 0.15) is 23.6 Å². The summed E-state index contributed by atoms with van der Waals surface area (Å²) >= 11 is 0. The van der Waals surface area contributed by atoms with Crippen molar-refractivity contribution in [2.45, 2.75) is 31.9 Å². The van der Waals surface area contributed by atoms with Crippen molar-refractivity contribution in [1.82, 2.24) is 0 Å². The molecule has 0 heterocycles. The van der Waals surface area contributed by atoms with Gasteiger partial charge in [-0.05, 0) is 54.3 Å². The molecular formula is C17H15F5. The van der Waals surface area contributed by atoms with Gasteiger partial charge < -0.3 is 0 Å². The maximum absolute atomic E-state index is 13.7. The van der Waals surface area contributed by atoms with Gasteiger partial charge in [0, 0.05) is 6.42 Å². The Kier molecular flexibility index (Phi) is 4.84. The third-order valence-corrected chi connectivity index (χ3v) is 3.34. The molecule has 0 aliphatic heterocycles. The highest BCUT2D eigenvalue weighted by atomic mass is 19.3. The lowest BCUT2D eigenvalue weighted by Crippen LogP contribution is -2.30. The molecule has 0 saturated heterocycles. The average Bonchev–Trinajstić information content (AvgIpc) is 2.40. The van der Waals surface area contributed by atoms with Crippen LogP contribution in [0.2, 0.25) is 0 Å². The maximum Gasteiger partial charge on any atom is 0.272 e. The van der Waals surface area contributed by atoms with Crippen molar-refractivity contribution in [3.63, 3.8) is 0 Å². The second-order valence-corrected chi connectivity index (χ2v) is 5.53. The molecular weight excluding hydrogens is 299 g/mol. The number of halogens is 5. The number of benzene rings is 2. The molecule has 0 bridgehead atoms. The molecule has 22 heavy (non-hydrogen) atoms. The van der Waals surface area contributed by atoms with Crippen LogP contribution in [-0.4, -0.2) is 12.1 Å². The van der Waals surface area contributed by atoms with Crippen LogP contribution in [0.4, 0.5) is 22.0 Å². The third kappa shape index (κ3) is 4.29. The largest absolute Gasteiger partial charge is 0.272 e. The number of alkyl halides is 3. The molecule has 0 nitrogen and oxygen atoms in total. The van der Waals surface area contributed by atoms with Crippen LogP contribution < -0.4 is 0 Å². The Hall–Kier alpha value is -1.91. The van der Waals surface area contributed by atoms with E-state index in [1.165, 1.54) is 24.3 Å². The fourth-order valence-electron chi connectivity index (χ4n) is 2.24. The Labute approximate surface area is 125 Å². The van der Waals surface area contributed by atoms with Crippen molar-refractivity contribution in [3.05, 3.63) is 70.8 Å². The van der Waals surface area contributed by atoms with Crippen molar-refractivity contribution in [3.8, 4) is 0 Å². The van der Waals surface area contributed by atoms with Crippen molar-refractivity contribution in [2.75, 3.05) is 0 Å². The van der Waals surface area contributed by atoms with E-state index >= 15 is 0 Å². The molecule has 0 aliphatic rings. The zero-order valence-electron chi connectivity index (χ0n) is 11.9. The van der Waals surface area contributed by atoms with Gasteiger partial charge in [-0.2, -0.15) is 0 Å². The van der Waals surface area contributed by atoms with Crippen molar-refractivity contribution in [2.24, 2.45) is 0 Å². The monoisotopic (exact) mass is 314 g/mol. The molecule has 0 N–H and O–H groups in total. The minimum Gasteiger partial charge on any atom is -0.238 e. The molecule has 5 heteroatoms. The highest BCUT2D eigenvalue weighted by molar-refractivity contribution is 5.31. The Morgan fingerprint density at radius 1 is 0.864 bits per heavy atom. The summed E-state index contributed by atoms with van der Waals surface area (Å²) in [6.07, 6.45) is -3.40. The molecule has 0 amide bonds. The SMILES string of the molecule is CC(F)(Cc1cc(F)cc(Cc2ccc(F)cc2)c1)C(F)F. The van der Waals surface area contributed by atoms with Gasteiger partial charge in [0.1, 0.15) is 11.6 Å². The second-order valence-electron chi connectivity index (χ2n) is 5.53. The van der Waals surface area contributed by atoms with Crippen LogP contribution in [0.3, 0.4) is 0 Å². The summed E-state index contributed by atoms with van der Waals surface area (Å²) in [6, 6.07) is 9.47. The first-order valence-electron chi connectivity index (χ1n) is 6.76. The molecule has 0 spiro atoms. The van der Waals surface area contributed by atoms with Crippen molar-refractivity contribution >= 4 is 0 Å². The minimum absolute atomic E-state index is 0.169. The summed E-state index contributed by atoms with van der Waals surface area (Å²) in [5, 5.41) is 0. The molecule has 0 aliphatic carbocycles. The number of hydrogen-bond donors (Lipinski definition) is 0. The normalized spacial score (nSPS) is 14.1. The van der Waals surface area contributed by atoms with Crippen LogP contribution in [0.25, 0.3) is 0 Å². The quantitative estimate of drug-likeness (QED) is 0.674. The van der Waals surface area contributed by atoms with E-state index in [4.69, 9.17) is 0 Å². The van der Waals surface area contributed by atoms with Crippen LogP contribution in [0.15, 0.2) is 42.5 Å². The van der Waals surface area contributed by atoms with Crippen molar-refractivity contribution in [1.29, 1.82) is 0 Å². The predicted molar refractivity (Wildman–Crippen MR) is 74.8 cm³/mol. The van der Waals surface area contributed by atoms with Crippen LogP contribution in [0.5, 0.6) is 0 Å². The highest BCUT2D eigenvalue weighted by Gasteiger charge is 2.35. The lowest BCUT2D eigenvalue weighted by Gasteiger charge is -2.19. The average molecular weight is 314 g/mol. The van der Waals surface area contributed by atoms with Gasteiger partial charge >= 0.3 is 0 Å². The van der Waals surface area contributed by atoms with Gasteiger partial charge in [-0.15, -0.1) is 0 Å². The van der Waals surface area contributed by atoms with Crippen LogP contribution in [-0.2, 0) is 12.8 Å². The Morgan fingerprint density at radius 3 is 2.05 bits per heavy atom. The van der Waals surface area contributed by atoms with Gasteiger partial charge in [-0.1, -0.05) is 18.2 Å². The lowest BCUT2D eigenvalue weighted by atomic mass is 9.95. The van der Waals surface area contributed by atoms with E-state index in [2.05, 4.69) is 0 Å². The van der Waals surface area contributed by atoms with E-state index in [0.717, 1.165) is 18.6 Å². The molecule has 118 valence electrons. The summed E-state index contributed by atoms with van der Waals surface area (Å²) in [7, 11) is 0. The molecule has 0 saturated carbocycles. The summed E-state index contributed by atoms with van der Waals surface area (Å²) in [5.41, 5.74) is -1.27. The first kappa shape index (κ1) is 16.5. The van der Waals surface area contributed by atoms with Crippen LogP contribution in [0, 0.1) is 11.6 Å². The fraction of sp³-hybridized carbons (Fsp3) is 0.294. The van der Waals surface area contributed by atoms with E-state index in [-0.39, 0.29) is 11.4 Å². The van der Waals surface area contributed by atoms with Gasteiger partial charge in [0.25, 0.3) is 6.43 Å². The summed E-state index contributed by atoms with van der Waals surface area (Å²) < 4.78 is 65.3. The van der Waals surface area contributed by atoms with E-state index < -0.39 is 24.3 Å². The number of hydrogen-bond acceptors (Lipinski definition) is 0. The Balaban J connectivity index is 2.21. The predicted octanol–water partition coefficient (Wildman–Crippen LogP) is 5.09. The molecule has 0 aromatic heterocycles. The van der Waals surface area contributed by atoms with E-state index in [9.17, 15) is 22.0 Å². The van der Waals surface area contributed by atoms with Crippen molar-refractivity contribution < 1.29 is 22.0 Å². The summed E-state index contributed by atoms with van der Waals surface area (Å²) in [4.78, 5) is 0. The minimum atomic E-state index is -3.14. The Bertz CT molecular complexity index is 632. The second kappa shape index (κ2) is 6.46. The standard InChI is InChI=1S/C17H15F5/c1-17(22,16(20)21)10-13-7-12(8-15(19)9-13)6-11-2-4-14(18)5-3-11/h2-5,7-9,16H,6,10H2,1H3. The van der Waals surface area contributed by atoms with Gasteiger partial charge in [0.05, 0.1) is 0 Å². The first-order chi connectivity index (χ1) is 10.3. The third-order valence-electron chi connectivity index (χ3n) is 3.34. The van der Waals surface area contributed by atoms with E-state index in [1.807, 2.05) is 0 Å². The molecule has 2 aromatic rings. The summed E-state index contributed by atoms with van der Waals surface area (Å²) in [6.45, 7) is 0.794. The topological polar surface area (TPSA) is 0 Å². The van der Waals surface area contributed by atoms with Gasteiger partial charge in [0.2, 0.25) is 0 Å². The Morgan fingerprint density at radius 2 is 1.45 bits per heavy atom. The molecule has 0 fully saturated rings. The van der Waals surface area contributed by atoms with Gasteiger partial charge in [-0.3, -0.25) is 0 Å². The lowest BCUT2D eigenvalue weighted by molar-refractivity contribution is -0.0216. The zero-order chi connectivity index (χ0) is 16.3. The van der Waals surface area contributed by atoms with Gasteiger partial charge in [0.15, 0.2) is 5.67 Å². The summed E-state index contributed by atoms with van der Waals surface area (Å²) in [5.74, 6) is -0.992. The first-order valence-corrected chi connectivity index (χ1v) is 6.76. The van der Waals surface area contributed by atoms with Crippen LogP contribution >= 0.6 is 0 Å².